The molecule has 0 radical (unpaired) electrons. The molecule has 9 nitrogen and oxygen atoms in total. The number of aryl methyl sites for hydroxylation is 1. The zero-order chi connectivity index (χ0) is 25.6. The van der Waals surface area contributed by atoms with Gasteiger partial charge in [-0.3, -0.25) is 9.59 Å². The Hall–Kier alpha value is -3.66. The summed E-state index contributed by atoms with van der Waals surface area (Å²) >= 11 is 0. The zero-order valence-electron chi connectivity index (χ0n) is 20.6. The molecule has 2 aliphatic heterocycles. The summed E-state index contributed by atoms with van der Waals surface area (Å²) in [5, 5.41) is 20.8. The van der Waals surface area contributed by atoms with Crippen molar-refractivity contribution in [3.8, 4) is 11.5 Å². The van der Waals surface area contributed by atoms with Crippen LogP contribution in [0.2, 0.25) is 0 Å². The fourth-order valence-electron chi connectivity index (χ4n) is 4.83. The number of pyridine rings is 1. The van der Waals surface area contributed by atoms with Crippen molar-refractivity contribution in [1.29, 1.82) is 0 Å². The van der Waals surface area contributed by atoms with Crippen LogP contribution in [-0.2, 0) is 24.2 Å². The number of fused-ring (bicyclic) bond motifs is 2. The number of aliphatic hydroxyl groups excluding tert-OH is 1. The highest BCUT2D eigenvalue weighted by molar-refractivity contribution is 6.04. The molecule has 3 aromatic rings. The van der Waals surface area contributed by atoms with Gasteiger partial charge < -0.3 is 19.9 Å². The number of carbonyl (C=O) groups is 2. The van der Waals surface area contributed by atoms with Crippen LogP contribution in [0.4, 0.5) is 10.2 Å². The minimum atomic E-state index is -0.906. The van der Waals surface area contributed by atoms with Crippen molar-refractivity contribution in [2.24, 2.45) is 5.41 Å². The third kappa shape index (κ3) is 4.26. The molecule has 36 heavy (non-hydrogen) atoms. The summed E-state index contributed by atoms with van der Waals surface area (Å²) in [6.07, 6.45) is 2.33. The Bertz CT molecular complexity index is 1350. The number of carbonyl (C=O) groups excluding carboxylic acids is 2. The van der Waals surface area contributed by atoms with Gasteiger partial charge in [0.2, 0.25) is 5.91 Å². The molecular weight excluding hydrogens is 463 g/mol. The van der Waals surface area contributed by atoms with E-state index in [0.717, 1.165) is 24.2 Å². The lowest BCUT2D eigenvalue weighted by molar-refractivity contribution is -0.143. The number of benzene rings is 1. The van der Waals surface area contributed by atoms with Crippen LogP contribution in [0.25, 0.3) is 11.5 Å². The van der Waals surface area contributed by atoms with E-state index in [-0.39, 0.29) is 36.5 Å². The standard InChI is InChI=1S/C26H29FN6O3/c1-15-7-8-22-30-31-23(33(15)22)20-5-4-6-21(28-20)29-24(35)18-11-17-13-32(25(36)26(2,3)14-34)10-9-16(17)12-19(18)27/h4-6,11-12,15,34H,7-10,13-14H2,1-3H3,(H,28,29,35)/t15-/m0/s1. The SMILES string of the molecule is C[C@H]1CCc2nnc(-c3cccc(NC(=O)c4cc5c(cc4F)CCN(C(=O)C(C)(C)CO)C5)n3)n21. The first-order valence-electron chi connectivity index (χ1n) is 12.1. The average molecular weight is 493 g/mol. The fourth-order valence-corrected chi connectivity index (χ4v) is 4.83. The lowest BCUT2D eigenvalue weighted by atomic mass is 9.90. The van der Waals surface area contributed by atoms with Gasteiger partial charge in [0.15, 0.2) is 5.82 Å². The van der Waals surface area contributed by atoms with E-state index in [9.17, 15) is 19.1 Å². The maximum Gasteiger partial charge on any atom is 0.259 e. The van der Waals surface area contributed by atoms with Gasteiger partial charge in [0.1, 0.15) is 23.2 Å². The summed E-state index contributed by atoms with van der Waals surface area (Å²) in [5.74, 6) is 0.405. The predicted molar refractivity (Wildman–Crippen MR) is 131 cm³/mol. The molecule has 0 spiro atoms. The highest BCUT2D eigenvalue weighted by atomic mass is 19.1. The molecule has 1 atom stereocenters. The van der Waals surface area contributed by atoms with Crippen molar-refractivity contribution in [1.82, 2.24) is 24.6 Å². The highest BCUT2D eigenvalue weighted by Crippen LogP contribution is 2.30. The van der Waals surface area contributed by atoms with Gasteiger partial charge in [0.25, 0.3) is 5.91 Å². The monoisotopic (exact) mass is 492 g/mol. The lowest BCUT2D eigenvalue weighted by Crippen LogP contribution is -2.45. The third-order valence-corrected chi connectivity index (χ3v) is 7.02. The number of hydrogen-bond donors (Lipinski definition) is 2. The van der Waals surface area contributed by atoms with Gasteiger partial charge in [-0.2, -0.15) is 0 Å². The van der Waals surface area contributed by atoms with Gasteiger partial charge >= 0.3 is 0 Å². The summed E-state index contributed by atoms with van der Waals surface area (Å²) in [5.41, 5.74) is 1.03. The molecule has 1 aromatic carbocycles. The van der Waals surface area contributed by atoms with E-state index in [1.165, 1.54) is 12.1 Å². The average Bonchev–Trinajstić information content (AvgIpc) is 3.46. The topological polar surface area (TPSA) is 113 Å². The molecule has 188 valence electrons. The summed E-state index contributed by atoms with van der Waals surface area (Å²) in [7, 11) is 0. The Morgan fingerprint density at radius 2 is 2.00 bits per heavy atom. The Morgan fingerprint density at radius 1 is 1.19 bits per heavy atom. The first kappa shape index (κ1) is 24.1. The van der Waals surface area contributed by atoms with Crippen molar-refractivity contribution in [2.75, 3.05) is 18.5 Å². The molecule has 2 N–H and O–H groups in total. The second-order valence-corrected chi connectivity index (χ2v) is 10.2. The quantitative estimate of drug-likeness (QED) is 0.566. The van der Waals surface area contributed by atoms with Gasteiger partial charge in [0.05, 0.1) is 17.6 Å². The molecule has 10 heteroatoms. The lowest BCUT2D eigenvalue weighted by Gasteiger charge is -2.34. The minimum Gasteiger partial charge on any atom is -0.395 e. The van der Waals surface area contributed by atoms with E-state index in [0.29, 0.717) is 30.0 Å². The van der Waals surface area contributed by atoms with E-state index in [1.807, 2.05) is 0 Å². The van der Waals surface area contributed by atoms with E-state index >= 15 is 0 Å². The molecule has 0 saturated heterocycles. The van der Waals surface area contributed by atoms with Crippen LogP contribution in [-0.4, -0.2) is 54.7 Å². The molecule has 0 bridgehead atoms. The number of aliphatic hydroxyl groups is 1. The Labute approximate surface area is 208 Å². The van der Waals surface area contributed by atoms with Gasteiger partial charge in [-0.05, 0) is 69.0 Å². The molecule has 2 aliphatic rings. The first-order valence-corrected chi connectivity index (χ1v) is 12.1. The number of rotatable bonds is 5. The second-order valence-electron chi connectivity index (χ2n) is 10.2. The molecule has 0 fully saturated rings. The number of amides is 2. The van der Waals surface area contributed by atoms with Crippen LogP contribution in [0.15, 0.2) is 30.3 Å². The Morgan fingerprint density at radius 3 is 2.78 bits per heavy atom. The minimum absolute atomic E-state index is 0.117. The Kier molecular flexibility index (Phi) is 6.07. The molecule has 0 unspecified atom stereocenters. The number of halogens is 1. The number of hydrogen-bond acceptors (Lipinski definition) is 6. The molecule has 0 aliphatic carbocycles. The summed E-state index contributed by atoms with van der Waals surface area (Å²) in [6.45, 7) is 5.89. The van der Waals surface area contributed by atoms with Crippen LogP contribution >= 0.6 is 0 Å². The first-order chi connectivity index (χ1) is 17.2. The molecule has 5 rings (SSSR count). The summed E-state index contributed by atoms with van der Waals surface area (Å²) in [4.78, 5) is 32.0. The van der Waals surface area contributed by atoms with Crippen LogP contribution in [0.5, 0.6) is 0 Å². The summed E-state index contributed by atoms with van der Waals surface area (Å²) < 4.78 is 17.0. The van der Waals surface area contributed by atoms with Crippen molar-refractivity contribution in [3.05, 3.63) is 58.7 Å². The van der Waals surface area contributed by atoms with E-state index in [1.54, 1.807) is 36.9 Å². The molecule has 4 heterocycles. The molecule has 0 saturated carbocycles. The normalized spacial score (nSPS) is 17.0. The second kappa shape index (κ2) is 9.09. The third-order valence-electron chi connectivity index (χ3n) is 7.02. The fraction of sp³-hybridized carbons (Fsp3) is 0.423. The number of nitrogens with one attached hydrogen (secondary N) is 1. The van der Waals surface area contributed by atoms with Crippen molar-refractivity contribution < 1.29 is 19.1 Å². The Balaban J connectivity index is 1.37. The largest absolute Gasteiger partial charge is 0.395 e. The van der Waals surface area contributed by atoms with Gasteiger partial charge in [0, 0.05) is 25.6 Å². The van der Waals surface area contributed by atoms with Crippen molar-refractivity contribution in [2.45, 2.75) is 52.6 Å². The number of anilines is 1. The van der Waals surface area contributed by atoms with Crippen LogP contribution < -0.4 is 5.32 Å². The number of aromatic nitrogens is 4. The van der Waals surface area contributed by atoms with Crippen LogP contribution in [0.1, 0.15) is 60.5 Å². The van der Waals surface area contributed by atoms with E-state index in [2.05, 4.69) is 32.0 Å². The molecular formula is C26H29FN6O3. The van der Waals surface area contributed by atoms with Gasteiger partial charge in [-0.1, -0.05) is 6.07 Å². The van der Waals surface area contributed by atoms with Crippen molar-refractivity contribution >= 4 is 17.6 Å². The molecule has 2 amide bonds. The zero-order valence-corrected chi connectivity index (χ0v) is 20.6. The smallest absolute Gasteiger partial charge is 0.259 e. The molecule has 2 aromatic heterocycles. The van der Waals surface area contributed by atoms with Gasteiger partial charge in [-0.25, -0.2) is 9.37 Å². The van der Waals surface area contributed by atoms with E-state index in [4.69, 9.17) is 0 Å². The maximum absolute atomic E-state index is 14.9. The van der Waals surface area contributed by atoms with Crippen LogP contribution in [0, 0.1) is 11.2 Å². The summed E-state index contributed by atoms with van der Waals surface area (Å²) in [6, 6.07) is 8.34. The van der Waals surface area contributed by atoms with Gasteiger partial charge in [-0.15, -0.1) is 10.2 Å². The van der Waals surface area contributed by atoms with Crippen LogP contribution in [0.3, 0.4) is 0 Å². The maximum atomic E-state index is 14.9. The predicted octanol–water partition coefficient (Wildman–Crippen LogP) is 3.14. The van der Waals surface area contributed by atoms with E-state index < -0.39 is 17.1 Å². The number of nitrogens with zero attached hydrogens (tertiary/aromatic N) is 5. The van der Waals surface area contributed by atoms with Crippen molar-refractivity contribution in [3.63, 3.8) is 0 Å². The highest BCUT2D eigenvalue weighted by Gasteiger charge is 2.33.